The van der Waals surface area contributed by atoms with E-state index < -0.39 is 0 Å². The highest BCUT2D eigenvalue weighted by Crippen LogP contribution is 2.56. The van der Waals surface area contributed by atoms with E-state index in [1.54, 1.807) is 48.7 Å². The number of fused-ring (bicyclic) bond motifs is 7. The molecule has 0 saturated heterocycles. The van der Waals surface area contributed by atoms with Gasteiger partial charge in [-0.05, 0) is 68.7 Å². The summed E-state index contributed by atoms with van der Waals surface area (Å²) in [6.07, 6.45) is 33.5. The Hall–Kier alpha value is 0.500. The van der Waals surface area contributed by atoms with Gasteiger partial charge in [-0.15, -0.1) is 56.7 Å². The predicted octanol–water partition coefficient (Wildman–Crippen LogP) is 17.8. The van der Waals surface area contributed by atoms with E-state index in [1.807, 2.05) is 22.7 Å². The first-order valence-electron chi connectivity index (χ1n) is 18.3. The Labute approximate surface area is 310 Å². The van der Waals surface area contributed by atoms with Crippen LogP contribution in [0.5, 0.6) is 0 Å². The third-order valence-electron chi connectivity index (χ3n) is 9.52. The minimum absolute atomic E-state index is 1.23. The van der Waals surface area contributed by atoms with E-state index in [-0.39, 0.29) is 0 Å². The summed E-state index contributed by atoms with van der Waals surface area (Å²) >= 11 is 18.2. The molecular formula is C38H54Br2S5. The second kappa shape index (κ2) is 19.6. The molecule has 0 amide bonds. The molecule has 5 heterocycles. The zero-order chi connectivity index (χ0) is 31.4. The summed E-state index contributed by atoms with van der Waals surface area (Å²) in [6, 6.07) is 0. The number of thiophene rings is 5. The van der Waals surface area contributed by atoms with Crippen LogP contribution >= 0.6 is 88.5 Å². The molecule has 250 valence electrons. The van der Waals surface area contributed by atoms with Gasteiger partial charge in [0, 0.05) is 0 Å². The number of rotatable bonds is 24. The summed E-state index contributed by atoms with van der Waals surface area (Å²) in [5, 5.41) is 0. The van der Waals surface area contributed by atoms with Crippen molar-refractivity contribution in [2.45, 2.75) is 168 Å². The van der Waals surface area contributed by atoms with E-state index in [0.717, 1.165) is 0 Å². The number of aryl methyl sites for hydroxylation is 2. The van der Waals surface area contributed by atoms with Crippen LogP contribution in [0.3, 0.4) is 0 Å². The Bertz CT molecular complexity index is 1460. The van der Waals surface area contributed by atoms with Gasteiger partial charge in [0.25, 0.3) is 0 Å². The lowest BCUT2D eigenvalue weighted by Gasteiger charge is -2.03. The van der Waals surface area contributed by atoms with Gasteiger partial charge in [0.05, 0.1) is 45.2 Å². The third-order valence-corrected chi connectivity index (χ3v) is 18.2. The molecule has 0 aliphatic carbocycles. The van der Waals surface area contributed by atoms with E-state index in [4.69, 9.17) is 0 Å². The Morgan fingerprint density at radius 2 is 0.556 bits per heavy atom. The van der Waals surface area contributed by atoms with E-state index in [1.165, 1.54) is 162 Å². The molecule has 0 aromatic carbocycles. The SMILES string of the molecule is CCCCCCCCCCCCCc1c(Br)sc2c1sc1c2sc2c3sc(Br)c(CCCCCCCCCCCCC)c3sc21. The smallest absolute Gasteiger partial charge is 0.0751 e. The molecule has 5 aromatic heterocycles. The first-order valence-corrected chi connectivity index (χ1v) is 24.0. The van der Waals surface area contributed by atoms with Crippen LogP contribution in [0.4, 0.5) is 0 Å². The van der Waals surface area contributed by atoms with Crippen LogP contribution < -0.4 is 0 Å². The zero-order valence-electron chi connectivity index (χ0n) is 27.8. The van der Waals surface area contributed by atoms with Crippen molar-refractivity contribution in [1.82, 2.24) is 0 Å². The molecular weight excluding hydrogens is 777 g/mol. The fourth-order valence-electron chi connectivity index (χ4n) is 6.81. The van der Waals surface area contributed by atoms with E-state index in [0.29, 0.717) is 0 Å². The Kier molecular flexibility index (Phi) is 16.0. The van der Waals surface area contributed by atoms with Gasteiger partial charge in [-0.3, -0.25) is 0 Å². The molecule has 45 heavy (non-hydrogen) atoms. The normalized spacial score (nSPS) is 12.4. The van der Waals surface area contributed by atoms with Crippen molar-refractivity contribution in [3.05, 3.63) is 18.7 Å². The van der Waals surface area contributed by atoms with E-state index in [2.05, 4.69) is 79.7 Å². The second-order valence-corrected chi connectivity index (χ2v) is 21.0. The summed E-state index contributed by atoms with van der Waals surface area (Å²) in [5.74, 6) is 0. The molecule has 5 rings (SSSR count). The summed E-state index contributed by atoms with van der Waals surface area (Å²) in [7, 11) is 0. The van der Waals surface area contributed by atoms with Crippen LogP contribution in [-0.4, -0.2) is 0 Å². The summed E-state index contributed by atoms with van der Waals surface area (Å²) in [6.45, 7) is 4.61. The molecule has 0 N–H and O–H groups in total. The van der Waals surface area contributed by atoms with Crippen molar-refractivity contribution in [3.8, 4) is 0 Å². The standard InChI is InChI=1S/C38H54Br2S5/c1-3-5-7-9-11-13-15-17-19-21-23-25-27-29-31(44-37(27)39)33-35(41-29)36-34(43-33)32-30(42-36)28(38(40)45-32)26-24-22-20-18-16-14-12-10-8-6-4-2/h3-26H2,1-2H3. The lowest BCUT2D eigenvalue weighted by molar-refractivity contribution is 0.550. The van der Waals surface area contributed by atoms with Crippen molar-refractivity contribution in [2.75, 3.05) is 0 Å². The maximum absolute atomic E-state index is 3.98. The molecule has 0 nitrogen and oxygen atoms in total. The maximum Gasteiger partial charge on any atom is 0.0751 e. The highest BCUT2D eigenvalue weighted by Gasteiger charge is 2.24. The minimum atomic E-state index is 1.23. The van der Waals surface area contributed by atoms with E-state index >= 15 is 0 Å². The number of unbranched alkanes of at least 4 members (excludes halogenated alkanes) is 20. The largest absolute Gasteiger partial charge is 0.131 e. The molecule has 0 atom stereocenters. The van der Waals surface area contributed by atoms with Crippen LogP contribution in [0.15, 0.2) is 7.57 Å². The first-order chi connectivity index (χ1) is 22.1. The lowest BCUT2D eigenvalue weighted by Crippen LogP contribution is -1.86. The van der Waals surface area contributed by atoms with Gasteiger partial charge in [-0.2, -0.15) is 0 Å². The summed E-state index contributed by atoms with van der Waals surface area (Å²) in [4.78, 5) is 0. The Morgan fingerprint density at radius 3 is 0.867 bits per heavy atom. The molecule has 0 aliphatic heterocycles. The molecule has 0 radical (unpaired) electrons. The van der Waals surface area contributed by atoms with Gasteiger partial charge in [-0.25, -0.2) is 0 Å². The molecule has 5 aromatic rings. The molecule has 0 bridgehead atoms. The van der Waals surface area contributed by atoms with Gasteiger partial charge < -0.3 is 0 Å². The van der Waals surface area contributed by atoms with Crippen molar-refractivity contribution in [1.29, 1.82) is 0 Å². The molecule has 0 saturated carbocycles. The molecule has 0 fully saturated rings. The summed E-state index contributed by atoms with van der Waals surface area (Å²) < 4.78 is 15.2. The second-order valence-electron chi connectivity index (χ2n) is 13.2. The minimum Gasteiger partial charge on any atom is -0.131 e. The van der Waals surface area contributed by atoms with Crippen LogP contribution in [0.25, 0.3) is 37.6 Å². The summed E-state index contributed by atoms with van der Waals surface area (Å²) in [5.41, 5.74) is 3.18. The fourth-order valence-corrected chi connectivity index (χ4v) is 16.2. The van der Waals surface area contributed by atoms with Gasteiger partial charge in [0.2, 0.25) is 0 Å². The monoisotopic (exact) mass is 828 g/mol. The van der Waals surface area contributed by atoms with Crippen LogP contribution in [-0.2, 0) is 12.8 Å². The third kappa shape index (κ3) is 9.81. The quantitative estimate of drug-likeness (QED) is 0.0544. The number of halogens is 2. The van der Waals surface area contributed by atoms with Gasteiger partial charge in [0.1, 0.15) is 0 Å². The van der Waals surface area contributed by atoms with Crippen molar-refractivity contribution >= 4 is 126 Å². The van der Waals surface area contributed by atoms with Crippen LogP contribution in [0, 0.1) is 0 Å². The number of hydrogen-bond acceptors (Lipinski definition) is 5. The van der Waals surface area contributed by atoms with E-state index in [9.17, 15) is 0 Å². The zero-order valence-corrected chi connectivity index (χ0v) is 35.0. The van der Waals surface area contributed by atoms with Gasteiger partial charge in [-0.1, -0.05) is 142 Å². The molecule has 0 aliphatic rings. The Balaban J connectivity index is 1.12. The average Bonchev–Trinajstić information content (AvgIpc) is 3.80. The Morgan fingerprint density at radius 1 is 0.311 bits per heavy atom. The highest BCUT2D eigenvalue weighted by molar-refractivity contribution is 9.11. The molecule has 0 unspecified atom stereocenters. The van der Waals surface area contributed by atoms with Gasteiger partial charge in [0.15, 0.2) is 0 Å². The predicted molar refractivity (Wildman–Crippen MR) is 222 cm³/mol. The highest BCUT2D eigenvalue weighted by atomic mass is 79.9. The molecule has 7 heteroatoms. The fraction of sp³-hybridized carbons (Fsp3) is 0.684. The lowest BCUT2D eigenvalue weighted by atomic mass is 10.0. The first kappa shape index (κ1) is 36.8. The topological polar surface area (TPSA) is 0 Å². The van der Waals surface area contributed by atoms with Crippen molar-refractivity contribution in [2.24, 2.45) is 0 Å². The number of hydrogen-bond donors (Lipinski definition) is 0. The average molecular weight is 831 g/mol. The van der Waals surface area contributed by atoms with Crippen LogP contribution in [0.1, 0.15) is 166 Å². The van der Waals surface area contributed by atoms with Crippen molar-refractivity contribution < 1.29 is 0 Å². The van der Waals surface area contributed by atoms with Gasteiger partial charge >= 0.3 is 0 Å². The van der Waals surface area contributed by atoms with Crippen molar-refractivity contribution in [3.63, 3.8) is 0 Å². The van der Waals surface area contributed by atoms with Crippen LogP contribution in [0.2, 0.25) is 0 Å². The molecule has 0 spiro atoms. The maximum atomic E-state index is 3.98.